The lowest BCUT2D eigenvalue weighted by Crippen LogP contribution is -2.07. The zero-order valence-electron chi connectivity index (χ0n) is 7.16. The zero-order chi connectivity index (χ0) is 9.78. The summed E-state index contributed by atoms with van der Waals surface area (Å²) in [4.78, 5) is 10.9. The molecule has 0 spiro atoms. The van der Waals surface area contributed by atoms with E-state index in [0.717, 1.165) is 18.0 Å². The molecule has 3 nitrogen and oxygen atoms in total. The first-order valence-electron chi connectivity index (χ1n) is 3.33. The van der Waals surface area contributed by atoms with Crippen molar-refractivity contribution in [3.8, 4) is 0 Å². The van der Waals surface area contributed by atoms with Crippen molar-refractivity contribution < 1.29 is 13.2 Å². The molecule has 0 saturated heterocycles. The van der Waals surface area contributed by atoms with Crippen LogP contribution in [0.3, 0.4) is 0 Å². The summed E-state index contributed by atoms with van der Waals surface area (Å²) in [5, 5.41) is -0.140. The highest BCUT2D eigenvalue weighted by atomic mass is 32.2. The van der Waals surface area contributed by atoms with E-state index in [4.69, 9.17) is 0 Å². The summed E-state index contributed by atoms with van der Waals surface area (Å²) in [6.07, 6.45) is 1.15. The first kappa shape index (κ1) is 11.7. The van der Waals surface area contributed by atoms with Crippen molar-refractivity contribution in [2.75, 3.05) is 17.8 Å². The summed E-state index contributed by atoms with van der Waals surface area (Å²) < 4.78 is 21.3. The SMILES string of the molecule is C=C(C)C(=O)SCCS(C)(=O)=O. The van der Waals surface area contributed by atoms with Crippen molar-refractivity contribution in [3.05, 3.63) is 12.2 Å². The standard InChI is InChI=1S/C7H12O3S2/c1-6(2)7(8)11-4-5-12(3,9)10/h1,4-5H2,2-3H3. The van der Waals surface area contributed by atoms with E-state index in [9.17, 15) is 13.2 Å². The van der Waals surface area contributed by atoms with E-state index in [1.807, 2.05) is 0 Å². The summed E-state index contributed by atoms with van der Waals surface area (Å²) in [5.74, 6) is 0.348. The summed E-state index contributed by atoms with van der Waals surface area (Å²) in [5.41, 5.74) is 0.452. The number of thioether (sulfide) groups is 1. The molecule has 0 aliphatic carbocycles. The normalized spacial score (nSPS) is 11.2. The number of carbonyl (C=O) groups excluding carboxylic acids is 1. The van der Waals surface area contributed by atoms with Gasteiger partial charge in [0.05, 0.1) is 5.75 Å². The minimum atomic E-state index is -2.95. The van der Waals surface area contributed by atoms with Crippen molar-refractivity contribution in [2.45, 2.75) is 6.92 Å². The molecule has 0 amide bonds. The summed E-state index contributed by atoms with van der Waals surface area (Å²) >= 11 is 0.994. The molecule has 12 heavy (non-hydrogen) atoms. The van der Waals surface area contributed by atoms with Gasteiger partial charge >= 0.3 is 0 Å². The Kier molecular flexibility index (Phi) is 4.55. The van der Waals surface area contributed by atoms with Crippen LogP contribution in [0.4, 0.5) is 0 Å². The van der Waals surface area contributed by atoms with Crippen LogP contribution in [0.2, 0.25) is 0 Å². The summed E-state index contributed by atoms with van der Waals surface area (Å²) in [6, 6.07) is 0. The minimum absolute atomic E-state index is 0.0384. The van der Waals surface area contributed by atoms with Crippen LogP contribution in [0.1, 0.15) is 6.92 Å². The molecule has 0 aromatic rings. The molecule has 5 heteroatoms. The summed E-state index contributed by atoms with van der Waals surface area (Å²) in [6.45, 7) is 5.06. The van der Waals surface area contributed by atoms with Gasteiger partial charge < -0.3 is 0 Å². The van der Waals surface area contributed by atoms with E-state index < -0.39 is 9.84 Å². The maximum atomic E-state index is 10.9. The third-order valence-corrected chi connectivity index (χ3v) is 3.26. The van der Waals surface area contributed by atoms with Crippen molar-refractivity contribution in [2.24, 2.45) is 0 Å². The van der Waals surface area contributed by atoms with Gasteiger partial charge in [0.25, 0.3) is 0 Å². The second-order valence-corrected chi connectivity index (χ2v) is 5.87. The lowest BCUT2D eigenvalue weighted by Gasteiger charge is -1.97. The quantitative estimate of drug-likeness (QED) is 0.643. The molecule has 0 aliphatic heterocycles. The van der Waals surface area contributed by atoms with Crippen LogP contribution in [0, 0.1) is 0 Å². The number of hydrogen-bond acceptors (Lipinski definition) is 4. The Morgan fingerprint density at radius 1 is 1.50 bits per heavy atom. The smallest absolute Gasteiger partial charge is 0.214 e. The van der Waals surface area contributed by atoms with Gasteiger partial charge in [-0.25, -0.2) is 8.42 Å². The van der Waals surface area contributed by atoms with E-state index in [2.05, 4.69) is 6.58 Å². The maximum absolute atomic E-state index is 10.9. The van der Waals surface area contributed by atoms with Gasteiger partial charge in [-0.2, -0.15) is 0 Å². The molecule has 0 aromatic carbocycles. The molecular formula is C7H12O3S2. The van der Waals surface area contributed by atoms with E-state index in [0.29, 0.717) is 11.3 Å². The van der Waals surface area contributed by atoms with Gasteiger partial charge in [-0.05, 0) is 12.5 Å². The average Bonchev–Trinajstić information content (AvgIpc) is 1.84. The number of carbonyl (C=O) groups is 1. The van der Waals surface area contributed by atoms with Crippen LogP contribution in [0.25, 0.3) is 0 Å². The largest absolute Gasteiger partial charge is 0.282 e. The number of hydrogen-bond donors (Lipinski definition) is 0. The molecule has 0 heterocycles. The minimum Gasteiger partial charge on any atom is -0.282 e. The average molecular weight is 208 g/mol. The van der Waals surface area contributed by atoms with Crippen molar-refractivity contribution in [1.82, 2.24) is 0 Å². The Morgan fingerprint density at radius 2 is 2.00 bits per heavy atom. The first-order valence-corrected chi connectivity index (χ1v) is 6.38. The van der Waals surface area contributed by atoms with E-state index >= 15 is 0 Å². The third kappa shape index (κ3) is 6.42. The van der Waals surface area contributed by atoms with E-state index in [-0.39, 0.29) is 10.9 Å². The Morgan fingerprint density at radius 3 is 2.33 bits per heavy atom. The van der Waals surface area contributed by atoms with Gasteiger partial charge in [0, 0.05) is 12.0 Å². The van der Waals surface area contributed by atoms with Crippen molar-refractivity contribution >= 4 is 26.7 Å². The van der Waals surface area contributed by atoms with Gasteiger partial charge in [0.1, 0.15) is 9.84 Å². The number of rotatable bonds is 4. The zero-order valence-corrected chi connectivity index (χ0v) is 8.80. The molecule has 0 fully saturated rings. The highest BCUT2D eigenvalue weighted by Crippen LogP contribution is 2.08. The Labute approximate surface area is 77.1 Å². The van der Waals surface area contributed by atoms with Crippen LogP contribution >= 0.6 is 11.8 Å². The fraction of sp³-hybridized carbons (Fsp3) is 0.571. The second-order valence-electron chi connectivity index (χ2n) is 2.55. The van der Waals surface area contributed by atoms with Crippen LogP contribution in [0.15, 0.2) is 12.2 Å². The van der Waals surface area contributed by atoms with Gasteiger partial charge in [0.15, 0.2) is 0 Å². The molecule has 0 N–H and O–H groups in total. The van der Waals surface area contributed by atoms with Gasteiger partial charge in [-0.15, -0.1) is 0 Å². The number of sulfone groups is 1. The van der Waals surface area contributed by atoms with Crippen LogP contribution in [0.5, 0.6) is 0 Å². The molecule has 0 saturated carbocycles. The van der Waals surface area contributed by atoms with Crippen LogP contribution in [-0.4, -0.2) is 31.3 Å². The fourth-order valence-corrected chi connectivity index (χ4v) is 2.39. The van der Waals surface area contributed by atoms with Gasteiger partial charge in [-0.1, -0.05) is 18.3 Å². The molecule has 0 bridgehead atoms. The Hall–Kier alpha value is -0.290. The van der Waals surface area contributed by atoms with Crippen molar-refractivity contribution in [1.29, 1.82) is 0 Å². The lowest BCUT2D eigenvalue weighted by atomic mass is 10.4. The Balaban J connectivity index is 3.73. The second kappa shape index (κ2) is 4.67. The monoisotopic (exact) mass is 208 g/mol. The summed E-state index contributed by atoms with van der Waals surface area (Å²) in [7, 11) is -2.95. The van der Waals surface area contributed by atoms with Gasteiger partial charge in [0.2, 0.25) is 5.12 Å². The molecular weight excluding hydrogens is 196 g/mol. The van der Waals surface area contributed by atoms with E-state index in [1.54, 1.807) is 6.92 Å². The molecule has 0 aliphatic rings. The lowest BCUT2D eigenvalue weighted by molar-refractivity contribution is -0.107. The first-order chi connectivity index (χ1) is 5.33. The molecule has 70 valence electrons. The predicted octanol–water partition coefficient (Wildman–Crippen LogP) is 0.867. The highest BCUT2D eigenvalue weighted by molar-refractivity contribution is 8.14. The predicted molar refractivity (Wildman–Crippen MR) is 52.0 cm³/mol. The third-order valence-electron chi connectivity index (χ3n) is 1.04. The molecule has 0 aromatic heterocycles. The van der Waals surface area contributed by atoms with Crippen LogP contribution in [-0.2, 0) is 14.6 Å². The topological polar surface area (TPSA) is 51.2 Å². The molecule has 0 rings (SSSR count). The van der Waals surface area contributed by atoms with Gasteiger partial charge in [-0.3, -0.25) is 4.79 Å². The molecule has 0 unspecified atom stereocenters. The fourth-order valence-electron chi connectivity index (χ4n) is 0.409. The molecule has 0 atom stereocenters. The highest BCUT2D eigenvalue weighted by Gasteiger charge is 2.06. The molecule has 0 radical (unpaired) electrons. The Bertz CT molecular complexity index is 277. The van der Waals surface area contributed by atoms with Crippen LogP contribution < -0.4 is 0 Å². The van der Waals surface area contributed by atoms with Crippen molar-refractivity contribution in [3.63, 3.8) is 0 Å². The maximum Gasteiger partial charge on any atom is 0.214 e. The van der Waals surface area contributed by atoms with E-state index in [1.165, 1.54) is 0 Å².